The van der Waals surface area contributed by atoms with E-state index in [4.69, 9.17) is 4.74 Å². The summed E-state index contributed by atoms with van der Waals surface area (Å²) in [4.78, 5) is 1.39. The van der Waals surface area contributed by atoms with Crippen LogP contribution in [-0.4, -0.2) is 21.6 Å². The number of benzene rings is 2. The second-order valence-electron chi connectivity index (χ2n) is 6.54. The van der Waals surface area contributed by atoms with Crippen molar-refractivity contribution in [1.82, 2.24) is 4.72 Å². The van der Waals surface area contributed by atoms with Gasteiger partial charge in [0.05, 0.1) is 10.9 Å². The van der Waals surface area contributed by atoms with Gasteiger partial charge in [0.2, 0.25) is 10.0 Å². The lowest BCUT2D eigenvalue weighted by Gasteiger charge is -2.30. The normalized spacial score (nSPS) is 17.4. The lowest BCUT2D eigenvalue weighted by Crippen LogP contribution is -2.35. The Balaban J connectivity index is 1.72. The van der Waals surface area contributed by atoms with Crippen molar-refractivity contribution in [2.75, 3.05) is 13.2 Å². The summed E-state index contributed by atoms with van der Waals surface area (Å²) in [5.74, 6) is 0.243. The summed E-state index contributed by atoms with van der Waals surface area (Å²) in [6.07, 6.45) is 1.72. The summed E-state index contributed by atoms with van der Waals surface area (Å²) in [5, 5.41) is 3.67. The van der Waals surface area contributed by atoms with Crippen LogP contribution in [0.2, 0.25) is 0 Å². The Morgan fingerprint density at radius 3 is 2.54 bits per heavy atom. The van der Waals surface area contributed by atoms with Crippen LogP contribution in [-0.2, 0) is 14.8 Å². The van der Waals surface area contributed by atoms with Gasteiger partial charge in [-0.3, -0.25) is 0 Å². The molecule has 4 rings (SSSR count). The molecule has 0 bridgehead atoms. The average Bonchev–Trinajstić information content (AvgIpc) is 3.21. The maximum absolute atomic E-state index is 13.3. The molecule has 1 atom stereocenters. The fourth-order valence-corrected chi connectivity index (χ4v) is 6.02. The highest BCUT2D eigenvalue weighted by Gasteiger charge is 2.31. The van der Waals surface area contributed by atoms with Crippen molar-refractivity contribution in [2.45, 2.75) is 23.8 Å². The van der Waals surface area contributed by atoms with E-state index in [0.29, 0.717) is 18.1 Å². The van der Waals surface area contributed by atoms with E-state index in [9.17, 15) is 8.42 Å². The molecule has 4 nitrogen and oxygen atoms in total. The summed E-state index contributed by atoms with van der Waals surface area (Å²) in [5.41, 5.74) is 0. The molecule has 26 heavy (non-hydrogen) atoms. The lowest BCUT2D eigenvalue weighted by molar-refractivity contribution is 0.0568. The maximum atomic E-state index is 13.3. The van der Waals surface area contributed by atoms with Gasteiger partial charge in [0.1, 0.15) is 0 Å². The SMILES string of the molecule is O=S(=O)(NC(c1cccs1)C1CCOCC1)c1cccc2ccccc12. The fraction of sp³-hybridized carbons (Fsp3) is 0.300. The highest BCUT2D eigenvalue weighted by molar-refractivity contribution is 7.89. The van der Waals surface area contributed by atoms with E-state index < -0.39 is 10.0 Å². The van der Waals surface area contributed by atoms with Gasteiger partial charge < -0.3 is 4.74 Å². The van der Waals surface area contributed by atoms with Crippen molar-refractivity contribution in [3.63, 3.8) is 0 Å². The molecule has 1 N–H and O–H groups in total. The number of hydrogen-bond acceptors (Lipinski definition) is 4. The lowest BCUT2D eigenvalue weighted by atomic mass is 9.91. The predicted molar refractivity (Wildman–Crippen MR) is 105 cm³/mol. The second-order valence-corrected chi connectivity index (χ2v) is 9.20. The van der Waals surface area contributed by atoms with Crippen LogP contribution in [0.3, 0.4) is 0 Å². The van der Waals surface area contributed by atoms with Crippen LogP contribution in [0.5, 0.6) is 0 Å². The van der Waals surface area contributed by atoms with Gasteiger partial charge in [-0.05, 0) is 41.7 Å². The van der Waals surface area contributed by atoms with Crippen molar-refractivity contribution in [3.8, 4) is 0 Å². The van der Waals surface area contributed by atoms with Gasteiger partial charge >= 0.3 is 0 Å². The van der Waals surface area contributed by atoms with E-state index in [1.54, 1.807) is 23.5 Å². The number of thiophene rings is 1. The molecular formula is C20H21NO3S2. The van der Waals surface area contributed by atoms with Crippen LogP contribution in [0.4, 0.5) is 0 Å². The van der Waals surface area contributed by atoms with Crippen LogP contribution in [0, 0.1) is 5.92 Å². The van der Waals surface area contributed by atoms with Crippen molar-refractivity contribution < 1.29 is 13.2 Å². The molecule has 2 aromatic carbocycles. The molecular weight excluding hydrogens is 366 g/mol. The van der Waals surface area contributed by atoms with E-state index in [1.165, 1.54) is 0 Å². The summed E-state index contributed by atoms with van der Waals surface area (Å²) in [6.45, 7) is 1.37. The Morgan fingerprint density at radius 2 is 1.77 bits per heavy atom. The zero-order valence-electron chi connectivity index (χ0n) is 14.3. The minimum Gasteiger partial charge on any atom is -0.381 e. The third-order valence-corrected chi connectivity index (χ3v) is 7.36. The summed E-state index contributed by atoms with van der Waals surface area (Å²) in [6, 6.07) is 16.8. The van der Waals surface area contributed by atoms with Gasteiger partial charge in [0.25, 0.3) is 0 Å². The molecule has 0 amide bonds. The standard InChI is InChI=1S/C20H21NO3S2/c22-26(23,19-9-3-6-15-5-1-2-7-17(15)19)21-20(18-8-4-14-25-18)16-10-12-24-13-11-16/h1-9,14,16,20-21H,10-13H2. The molecule has 1 aromatic heterocycles. The molecule has 1 fully saturated rings. The van der Waals surface area contributed by atoms with Crippen LogP contribution < -0.4 is 4.72 Å². The highest BCUT2D eigenvalue weighted by atomic mass is 32.2. The first-order chi connectivity index (χ1) is 12.6. The van der Waals surface area contributed by atoms with Crippen molar-refractivity contribution in [1.29, 1.82) is 0 Å². The first-order valence-corrected chi connectivity index (χ1v) is 11.1. The minimum absolute atomic E-state index is 0.220. The molecule has 6 heteroatoms. The number of nitrogens with one attached hydrogen (secondary N) is 1. The van der Waals surface area contributed by atoms with Crippen LogP contribution in [0.1, 0.15) is 23.8 Å². The largest absolute Gasteiger partial charge is 0.381 e. The molecule has 0 spiro atoms. The van der Waals surface area contributed by atoms with Gasteiger partial charge in [-0.15, -0.1) is 11.3 Å². The van der Waals surface area contributed by atoms with E-state index in [2.05, 4.69) is 4.72 Å². The first-order valence-electron chi connectivity index (χ1n) is 8.76. The molecule has 2 heterocycles. The number of fused-ring (bicyclic) bond motifs is 1. The van der Waals surface area contributed by atoms with Gasteiger partial charge in [0, 0.05) is 23.5 Å². The summed E-state index contributed by atoms with van der Waals surface area (Å²) < 4.78 is 35.0. The molecule has 1 unspecified atom stereocenters. The third kappa shape index (κ3) is 3.55. The Morgan fingerprint density at radius 1 is 1.00 bits per heavy atom. The van der Waals surface area contributed by atoms with Crippen LogP contribution >= 0.6 is 11.3 Å². The van der Waals surface area contributed by atoms with E-state index in [0.717, 1.165) is 28.5 Å². The minimum atomic E-state index is -3.65. The molecule has 3 aromatic rings. The summed E-state index contributed by atoms with van der Waals surface area (Å²) >= 11 is 1.60. The Kier molecular flexibility index (Phi) is 5.09. The van der Waals surface area contributed by atoms with Gasteiger partial charge in [-0.25, -0.2) is 13.1 Å². The van der Waals surface area contributed by atoms with Crippen LogP contribution in [0.25, 0.3) is 10.8 Å². The Bertz CT molecular complexity index is 972. The molecule has 1 aliphatic heterocycles. The quantitative estimate of drug-likeness (QED) is 0.708. The molecule has 0 radical (unpaired) electrons. The number of rotatable bonds is 5. The van der Waals surface area contributed by atoms with Crippen molar-refractivity contribution >= 4 is 32.1 Å². The van der Waals surface area contributed by atoms with E-state index in [-0.39, 0.29) is 12.0 Å². The Hall–Kier alpha value is -1.73. The average molecular weight is 388 g/mol. The monoisotopic (exact) mass is 387 g/mol. The molecule has 1 aliphatic rings. The van der Waals surface area contributed by atoms with Crippen molar-refractivity contribution in [3.05, 3.63) is 64.9 Å². The van der Waals surface area contributed by atoms with E-state index in [1.807, 2.05) is 47.8 Å². The zero-order chi connectivity index (χ0) is 18.0. The number of hydrogen-bond donors (Lipinski definition) is 1. The fourth-order valence-electron chi connectivity index (χ4n) is 3.56. The third-order valence-electron chi connectivity index (χ3n) is 4.91. The smallest absolute Gasteiger partial charge is 0.241 e. The highest BCUT2D eigenvalue weighted by Crippen LogP contribution is 2.34. The molecule has 0 aliphatic carbocycles. The maximum Gasteiger partial charge on any atom is 0.241 e. The van der Waals surface area contributed by atoms with Crippen molar-refractivity contribution in [2.24, 2.45) is 5.92 Å². The molecule has 0 saturated carbocycles. The Labute approximate surface area is 157 Å². The molecule has 1 saturated heterocycles. The van der Waals surface area contributed by atoms with E-state index >= 15 is 0 Å². The topological polar surface area (TPSA) is 55.4 Å². The van der Waals surface area contributed by atoms with Gasteiger partial charge in [-0.1, -0.05) is 42.5 Å². The van der Waals surface area contributed by atoms with Gasteiger partial charge in [0.15, 0.2) is 0 Å². The first kappa shape index (κ1) is 17.7. The second kappa shape index (κ2) is 7.48. The number of sulfonamides is 1. The predicted octanol–water partition coefficient (Wildman–Crippen LogP) is 4.35. The zero-order valence-corrected chi connectivity index (χ0v) is 15.9. The summed E-state index contributed by atoms with van der Waals surface area (Å²) in [7, 11) is -3.65. The van der Waals surface area contributed by atoms with Gasteiger partial charge in [-0.2, -0.15) is 0 Å². The van der Waals surface area contributed by atoms with Crippen LogP contribution in [0.15, 0.2) is 64.9 Å². The number of ether oxygens (including phenoxy) is 1. The molecule has 136 valence electrons.